The summed E-state index contributed by atoms with van der Waals surface area (Å²) in [5.41, 5.74) is 2.94. The minimum Gasteiger partial charge on any atom is -0.436 e. The molecule has 12 heteroatoms. The number of carbonyl (C=O) groups is 4. The van der Waals surface area contributed by atoms with E-state index in [2.05, 4.69) is 26.3 Å². The van der Waals surface area contributed by atoms with Crippen molar-refractivity contribution in [3.05, 3.63) is 54.7 Å². The van der Waals surface area contributed by atoms with Crippen LogP contribution in [-0.4, -0.2) is 88.8 Å². The summed E-state index contributed by atoms with van der Waals surface area (Å²) in [6.45, 7) is 3.17. The second kappa shape index (κ2) is 14.9. The van der Waals surface area contributed by atoms with Crippen molar-refractivity contribution >= 4 is 35.0 Å². The van der Waals surface area contributed by atoms with Gasteiger partial charge in [0.05, 0.1) is 18.3 Å². The fourth-order valence-corrected chi connectivity index (χ4v) is 7.67. The first kappa shape index (κ1) is 33.0. The van der Waals surface area contributed by atoms with Crippen LogP contribution in [0.1, 0.15) is 64.2 Å². The molecule has 0 spiro atoms. The quantitative estimate of drug-likeness (QED) is 0.252. The first-order chi connectivity index (χ1) is 23.9. The zero-order valence-corrected chi connectivity index (χ0v) is 27.8. The molecule has 4 atom stereocenters. The Bertz CT molecular complexity index is 1520. The summed E-state index contributed by atoms with van der Waals surface area (Å²) in [5.74, 6) is 1.08. The Morgan fingerprint density at radius 2 is 1.16 bits per heavy atom. The van der Waals surface area contributed by atoms with Gasteiger partial charge in [0, 0.05) is 60.5 Å². The van der Waals surface area contributed by atoms with Gasteiger partial charge in [0.2, 0.25) is 29.5 Å². The largest absolute Gasteiger partial charge is 0.436 e. The number of nitrogens with one attached hydrogen (secondary N) is 4. The Morgan fingerprint density at radius 1 is 0.673 bits per heavy atom. The van der Waals surface area contributed by atoms with Gasteiger partial charge in [0.15, 0.2) is 5.76 Å². The number of hydrogen-bond donors (Lipinski definition) is 4. The van der Waals surface area contributed by atoms with E-state index in [0.29, 0.717) is 36.1 Å². The van der Waals surface area contributed by atoms with E-state index in [1.165, 1.54) is 0 Å². The monoisotopic (exact) mass is 667 g/mol. The van der Waals surface area contributed by atoms with E-state index >= 15 is 0 Å². The van der Waals surface area contributed by atoms with Crippen molar-refractivity contribution in [1.29, 1.82) is 0 Å². The van der Waals surface area contributed by atoms with Gasteiger partial charge < -0.3 is 35.5 Å². The number of likely N-dealkylation sites (tertiary alicyclic amines) is 2. The number of hydrogen-bond acceptors (Lipinski definition) is 8. The third kappa shape index (κ3) is 7.70. The van der Waals surface area contributed by atoms with Gasteiger partial charge in [-0.3, -0.25) is 19.2 Å². The van der Waals surface area contributed by atoms with Gasteiger partial charge in [-0.1, -0.05) is 0 Å². The molecular weight excluding hydrogens is 622 g/mol. The molecule has 3 aromatic rings. The average Bonchev–Trinajstić information content (AvgIpc) is 3.95. The van der Waals surface area contributed by atoms with Gasteiger partial charge in [-0.15, -0.1) is 0 Å². The smallest absolute Gasteiger partial charge is 0.239 e. The minimum atomic E-state index is -0.115. The van der Waals surface area contributed by atoms with Gasteiger partial charge >= 0.3 is 0 Å². The normalized spacial score (nSPS) is 23.6. The molecule has 0 bridgehead atoms. The van der Waals surface area contributed by atoms with Crippen LogP contribution in [0.15, 0.2) is 59.1 Å². The lowest BCUT2D eigenvalue weighted by molar-refractivity contribution is -0.135. The number of oxazole rings is 1. The van der Waals surface area contributed by atoms with Crippen LogP contribution in [0.25, 0.3) is 22.8 Å². The van der Waals surface area contributed by atoms with E-state index in [9.17, 15) is 19.2 Å². The number of aromatic nitrogens is 1. The van der Waals surface area contributed by atoms with E-state index in [0.717, 1.165) is 75.6 Å². The zero-order valence-electron chi connectivity index (χ0n) is 27.8. The maximum absolute atomic E-state index is 12.9. The molecule has 7 rings (SSSR count). The van der Waals surface area contributed by atoms with E-state index in [4.69, 9.17) is 4.42 Å². The van der Waals surface area contributed by atoms with E-state index in [1.807, 2.05) is 58.3 Å². The average molecular weight is 668 g/mol. The molecule has 4 aliphatic heterocycles. The van der Waals surface area contributed by atoms with E-state index < -0.39 is 0 Å². The number of rotatable bonds is 10. The molecule has 0 radical (unpaired) electrons. The van der Waals surface area contributed by atoms with Crippen LogP contribution in [-0.2, 0) is 19.2 Å². The lowest BCUT2D eigenvalue weighted by atomic mass is 10.1. The Morgan fingerprint density at radius 3 is 1.63 bits per heavy atom. The number of nitrogens with zero attached hydrogens (tertiary/aromatic N) is 3. The molecule has 49 heavy (non-hydrogen) atoms. The highest BCUT2D eigenvalue weighted by atomic mass is 16.4. The molecule has 12 nitrogen and oxygen atoms in total. The van der Waals surface area contributed by atoms with Crippen LogP contribution in [0.5, 0.6) is 0 Å². The first-order valence-corrected chi connectivity index (χ1v) is 17.8. The Kier molecular flexibility index (Phi) is 10.0. The number of benzene rings is 2. The molecule has 4 fully saturated rings. The zero-order chi connectivity index (χ0) is 33.7. The number of carbonyl (C=O) groups excluding carboxylic acids is 4. The molecule has 4 amide bonds. The number of anilines is 2. The molecule has 2 aromatic carbocycles. The highest BCUT2D eigenvalue weighted by molar-refractivity contribution is 5.93. The van der Waals surface area contributed by atoms with Gasteiger partial charge in [0.1, 0.15) is 0 Å². The summed E-state index contributed by atoms with van der Waals surface area (Å²) < 4.78 is 6.06. The lowest BCUT2D eigenvalue weighted by Gasteiger charge is -2.27. The lowest BCUT2D eigenvalue weighted by Crippen LogP contribution is -2.46. The summed E-state index contributed by atoms with van der Waals surface area (Å²) in [4.78, 5) is 59.8. The molecule has 4 saturated heterocycles. The van der Waals surface area contributed by atoms with Crippen LogP contribution >= 0.6 is 0 Å². The van der Waals surface area contributed by atoms with Crippen LogP contribution in [0.3, 0.4) is 0 Å². The third-order valence-electron chi connectivity index (χ3n) is 10.3. The van der Waals surface area contributed by atoms with Gasteiger partial charge in [-0.2, -0.15) is 0 Å². The van der Waals surface area contributed by atoms with Crippen molar-refractivity contribution in [2.75, 3.05) is 36.8 Å². The molecule has 0 saturated carbocycles. The summed E-state index contributed by atoms with van der Waals surface area (Å²) in [6, 6.07) is 14.4. The van der Waals surface area contributed by atoms with Crippen molar-refractivity contribution < 1.29 is 23.6 Å². The van der Waals surface area contributed by atoms with E-state index in [-0.39, 0.29) is 60.6 Å². The van der Waals surface area contributed by atoms with Crippen LogP contribution in [0.2, 0.25) is 0 Å². The second-order valence-corrected chi connectivity index (χ2v) is 13.6. The Balaban J connectivity index is 0.895. The fraction of sp³-hybridized carbons (Fsp3) is 0.486. The third-order valence-corrected chi connectivity index (χ3v) is 10.3. The minimum absolute atomic E-state index is 0.0640. The molecule has 5 heterocycles. The highest BCUT2D eigenvalue weighted by Crippen LogP contribution is 2.29. The maximum atomic E-state index is 12.9. The van der Waals surface area contributed by atoms with Crippen LogP contribution < -0.4 is 21.3 Å². The molecule has 258 valence electrons. The van der Waals surface area contributed by atoms with Crippen molar-refractivity contribution in [2.24, 2.45) is 0 Å². The van der Waals surface area contributed by atoms with Crippen molar-refractivity contribution in [2.45, 2.75) is 88.4 Å². The highest BCUT2D eigenvalue weighted by Gasteiger charge is 2.36. The topological polar surface area (TPSA) is 149 Å². The predicted molar refractivity (Wildman–Crippen MR) is 185 cm³/mol. The maximum Gasteiger partial charge on any atom is 0.239 e. The van der Waals surface area contributed by atoms with Crippen molar-refractivity contribution in [3.8, 4) is 22.8 Å². The number of amides is 4. The molecular formula is C37H45N7O5. The standard InChI is InChI=1S/C37H45N7O5/c45-33(21-28-5-3-19-43(28)36(47)30-7-1-17-38-30)41-26-13-9-24(10-14-26)32-23-40-35(49-32)25-11-15-27(16-12-25)42-34(46)22-29-6-4-20-44(29)37(48)31-8-2-18-39-31/h9-16,23,28-31,38-39H,1-8,17-22H2,(H,41,45)(H,42,46)/t28-,29-,30+,31+/m0/s1. The van der Waals surface area contributed by atoms with Gasteiger partial charge in [0.25, 0.3) is 0 Å². The van der Waals surface area contributed by atoms with Crippen LogP contribution in [0.4, 0.5) is 11.4 Å². The van der Waals surface area contributed by atoms with E-state index in [1.54, 1.807) is 6.20 Å². The molecule has 0 unspecified atom stereocenters. The summed E-state index contributed by atoms with van der Waals surface area (Å²) >= 11 is 0. The molecule has 1 aromatic heterocycles. The van der Waals surface area contributed by atoms with Crippen molar-refractivity contribution in [1.82, 2.24) is 25.4 Å². The Labute approximate surface area is 286 Å². The van der Waals surface area contributed by atoms with Gasteiger partial charge in [-0.05, 0) is 113 Å². The summed E-state index contributed by atoms with van der Waals surface area (Å²) in [6.07, 6.45) is 9.52. The second-order valence-electron chi connectivity index (χ2n) is 13.6. The van der Waals surface area contributed by atoms with Crippen LogP contribution in [0, 0.1) is 0 Å². The van der Waals surface area contributed by atoms with Crippen molar-refractivity contribution in [3.63, 3.8) is 0 Å². The molecule has 4 N–H and O–H groups in total. The molecule has 0 aliphatic carbocycles. The summed E-state index contributed by atoms with van der Waals surface area (Å²) in [5, 5.41) is 12.5. The SMILES string of the molecule is O=C(C[C@@H]1CCCN1C(=O)[C@H]1CCCN1)Nc1ccc(-c2cnc(-c3ccc(NC(=O)C[C@@H]4CCCN4C(=O)[C@H]4CCCN4)cc3)o2)cc1. The first-order valence-electron chi connectivity index (χ1n) is 17.8. The van der Waals surface area contributed by atoms with Gasteiger partial charge in [-0.25, -0.2) is 4.98 Å². The fourth-order valence-electron chi connectivity index (χ4n) is 7.67. The predicted octanol–water partition coefficient (Wildman–Crippen LogP) is 4.15. The Hall–Kier alpha value is -4.55. The molecule has 4 aliphatic rings. The summed E-state index contributed by atoms with van der Waals surface area (Å²) in [7, 11) is 0.